The molecule has 3 unspecified atom stereocenters. The third-order valence-electron chi connectivity index (χ3n) is 8.93. The summed E-state index contributed by atoms with van der Waals surface area (Å²) in [5.74, 6) is -4.78. The molecule has 1 amide bonds. The van der Waals surface area contributed by atoms with Gasteiger partial charge < -0.3 is 25.8 Å². The van der Waals surface area contributed by atoms with E-state index in [4.69, 9.17) is 10.5 Å². The van der Waals surface area contributed by atoms with E-state index in [0.717, 1.165) is 36.3 Å². The lowest BCUT2D eigenvalue weighted by Crippen LogP contribution is -2.43. The molecule has 40 heavy (non-hydrogen) atoms. The molecule has 9 nitrogen and oxygen atoms in total. The van der Waals surface area contributed by atoms with E-state index in [1.807, 2.05) is 12.1 Å². The monoisotopic (exact) mass is 544 g/mol. The minimum absolute atomic E-state index is 0.00281. The molecule has 5 N–H and O–H groups in total. The predicted molar refractivity (Wildman–Crippen MR) is 146 cm³/mol. The van der Waals surface area contributed by atoms with Crippen LogP contribution in [0.1, 0.15) is 47.2 Å². The number of carbonyl (C=O) groups is 3. The van der Waals surface area contributed by atoms with Crippen molar-refractivity contribution in [1.82, 2.24) is 4.90 Å². The fraction of sp³-hybridized carbons (Fsp3) is 0.387. The summed E-state index contributed by atoms with van der Waals surface area (Å²) in [6, 6.07) is 9.30. The molecule has 0 radical (unpaired) electrons. The SMILES string of the molecule is COc1ccc(CN2CCCC2)cc1-c1ccc(O)c2c1CC1CC3CC(O)=C(C(N)=O)C(=O)C3C(O)=C1C2=O. The Morgan fingerprint density at radius 1 is 1.05 bits per heavy atom. The van der Waals surface area contributed by atoms with Crippen LogP contribution in [0.4, 0.5) is 0 Å². The van der Waals surface area contributed by atoms with Crippen LogP contribution >= 0.6 is 0 Å². The quantitative estimate of drug-likeness (QED) is 0.416. The second-order valence-corrected chi connectivity index (χ2v) is 11.3. The number of allylic oxidation sites excluding steroid dienone is 3. The number of ether oxygens (including phenoxy) is 1. The fourth-order valence-corrected chi connectivity index (χ4v) is 7.15. The smallest absolute Gasteiger partial charge is 0.255 e. The van der Waals surface area contributed by atoms with Crippen LogP contribution in [0.2, 0.25) is 0 Å². The summed E-state index contributed by atoms with van der Waals surface area (Å²) in [7, 11) is 1.59. The maximum atomic E-state index is 13.9. The zero-order valence-electron chi connectivity index (χ0n) is 22.3. The summed E-state index contributed by atoms with van der Waals surface area (Å²) in [6.45, 7) is 2.92. The summed E-state index contributed by atoms with van der Waals surface area (Å²) < 4.78 is 5.70. The predicted octanol–water partition coefficient (Wildman–Crippen LogP) is 3.74. The van der Waals surface area contributed by atoms with Gasteiger partial charge in [0.05, 0.1) is 18.6 Å². The van der Waals surface area contributed by atoms with Crippen LogP contribution in [0.5, 0.6) is 11.5 Å². The van der Waals surface area contributed by atoms with E-state index in [1.54, 1.807) is 13.2 Å². The minimum atomic E-state index is -1.14. The number of phenols is 1. The van der Waals surface area contributed by atoms with Crippen molar-refractivity contribution in [2.24, 2.45) is 23.5 Å². The number of aliphatic hydroxyl groups is 2. The molecule has 1 fully saturated rings. The van der Waals surface area contributed by atoms with Gasteiger partial charge in [0.2, 0.25) is 0 Å². The molecule has 4 aliphatic rings. The number of phenolic OH excluding ortho intramolecular Hbond substituents is 1. The van der Waals surface area contributed by atoms with Gasteiger partial charge in [-0.2, -0.15) is 0 Å². The molecule has 0 spiro atoms. The van der Waals surface area contributed by atoms with Gasteiger partial charge in [-0.3, -0.25) is 19.3 Å². The van der Waals surface area contributed by atoms with Crippen LogP contribution in [-0.4, -0.2) is 57.9 Å². The lowest BCUT2D eigenvalue weighted by Gasteiger charge is -2.41. The number of rotatable bonds is 5. The highest BCUT2D eigenvalue weighted by molar-refractivity contribution is 6.22. The minimum Gasteiger partial charge on any atom is -0.511 e. The molecule has 3 aliphatic carbocycles. The van der Waals surface area contributed by atoms with Crippen molar-refractivity contribution in [2.75, 3.05) is 20.2 Å². The summed E-state index contributed by atoms with van der Waals surface area (Å²) in [5, 5.41) is 32.5. The van der Waals surface area contributed by atoms with Gasteiger partial charge >= 0.3 is 0 Å². The molecule has 0 aromatic heterocycles. The second kappa shape index (κ2) is 9.82. The number of hydrogen-bond donors (Lipinski definition) is 4. The Kier molecular flexibility index (Phi) is 6.41. The molecule has 0 bridgehead atoms. The molecule has 6 rings (SSSR count). The van der Waals surface area contributed by atoms with Crippen LogP contribution < -0.4 is 10.5 Å². The van der Waals surface area contributed by atoms with E-state index in [0.29, 0.717) is 24.2 Å². The number of aromatic hydroxyl groups is 1. The summed E-state index contributed by atoms with van der Waals surface area (Å²) in [4.78, 5) is 41.2. The Bertz CT molecular complexity index is 1520. The zero-order chi connectivity index (χ0) is 28.3. The normalized spacial score (nSPS) is 24.6. The van der Waals surface area contributed by atoms with Crippen molar-refractivity contribution >= 4 is 17.5 Å². The third kappa shape index (κ3) is 4.07. The number of fused-ring (bicyclic) bond motifs is 3. The van der Waals surface area contributed by atoms with Gasteiger partial charge in [0, 0.05) is 24.1 Å². The number of aliphatic hydroxyl groups excluding tert-OH is 2. The highest BCUT2D eigenvalue weighted by Crippen LogP contribution is 2.51. The summed E-state index contributed by atoms with van der Waals surface area (Å²) >= 11 is 0. The van der Waals surface area contributed by atoms with Crippen molar-refractivity contribution in [3.63, 3.8) is 0 Å². The lowest BCUT2D eigenvalue weighted by molar-refractivity contribution is -0.126. The number of Topliss-reactive ketones (excluding diaryl/α,β-unsaturated/α-hetero) is 2. The van der Waals surface area contributed by atoms with Crippen molar-refractivity contribution in [1.29, 1.82) is 0 Å². The number of likely N-dealkylation sites (tertiary alicyclic amines) is 1. The highest BCUT2D eigenvalue weighted by atomic mass is 16.5. The Morgan fingerprint density at radius 3 is 2.50 bits per heavy atom. The molecule has 2 aromatic carbocycles. The molecular weight excluding hydrogens is 512 g/mol. The average Bonchev–Trinajstić information content (AvgIpc) is 3.41. The molecule has 9 heteroatoms. The Labute approximate surface area is 231 Å². The van der Waals surface area contributed by atoms with Crippen molar-refractivity contribution in [3.8, 4) is 22.6 Å². The number of nitrogens with zero attached hydrogens (tertiary/aromatic N) is 1. The number of nitrogens with two attached hydrogens (primary N) is 1. The largest absolute Gasteiger partial charge is 0.511 e. The van der Waals surface area contributed by atoms with Gasteiger partial charge in [-0.15, -0.1) is 0 Å². The van der Waals surface area contributed by atoms with Gasteiger partial charge in [-0.25, -0.2) is 0 Å². The second-order valence-electron chi connectivity index (χ2n) is 11.3. The third-order valence-corrected chi connectivity index (χ3v) is 8.93. The number of ketones is 2. The van der Waals surface area contributed by atoms with E-state index < -0.39 is 46.6 Å². The molecule has 1 aliphatic heterocycles. The van der Waals surface area contributed by atoms with E-state index in [2.05, 4.69) is 11.0 Å². The maximum absolute atomic E-state index is 13.9. The lowest BCUT2D eigenvalue weighted by atomic mass is 9.62. The van der Waals surface area contributed by atoms with Gasteiger partial charge in [0.15, 0.2) is 11.6 Å². The van der Waals surface area contributed by atoms with E-state index in [1.165, 1.54) is 18.9 Å². The first-order valence-corrected chi connectivity index (χ1v) is 13.7. The maximum Gasteiger partial charge on any atom is 0.255 e. The summed E-state index contributed by atoms with van der Waals surface area (Å²) in [5.41, 5.74) is 8.32. The number of methoxy groups -OCH3 is 1. The Hall–Kier alpha value is -4.11. The van der Waals surface area contributed by atoms with Crippen LogP contribution in [0.15, 0.2) is 53.0 Å². The van der Waals surface area contributed by atoms with Crippen LogP contribution in [0, 0.1) is 17.8 Å². The van der Waals surface area contributed by atoms with Gasteiger partial charge in [0.1, 0.15) is 28.6 Å². The van der Waals surface area contributed by atoms with E-state index in [9.17, 15) is 29.7 Å². The molecule has 1 heterocycles. The van der Waals surface area contributed by atoms with Crippen molar-refractivity contribution in [3.05, 3.63) is 69.7 Å². The molecule has 208 valence electrons. The fourth-order valence-electron chi connectivity index (χ4n) is 7.15. The van der Waals surface area contributed by atoms with E-state index >= 15 is 0 Å². The van der Waals surface area contributed by atoms with E-state index in [-0.39, 0.29) is 29.1 Å². The van der Waals surface area contributed by atoms with Crippen LogP contribution in [0.25, 0.3) is 11.1 Å². The Balaban J connectivity index is 1.44. The zero-order valence-corrected chi connectivity index (χ0v) is 22.3. The summed E-state index contributed by atoms with van der Waals surface area (Å²) in [6.07, 6.45) is 3.06. The molecule has 1 saturated heterocycles. The molecule has 0 saturated carbocycles. The van der Waals surface area contributed by atoms with Crippen LogP contribution in [0.3, 0.4) is 0 Å². The van der Waals surface area contributed by atoms with Gasteiger partial charge in [0.25, 0.3) is 5.91 Å². The van der Waals surface area contributed by atoms with Crippen molar-refractivity contribution < 1.29 is 34.4 Å². The van der Waals surface area contributed by atoms with Gasteiger partial charge in [-0.05, 0) is 85.5 Å². The number of hydrogen-bond acceptors (Lipinski definition) is 8. The standard InChI is InChI=1S/C31H32N2O7/c1-40-23-7-4-15(14-33-8-2-3-9-33)10-19(23)18-5-6-21(34)26-20(18)12-16-11-17-13-22(35)27(31(32)39)30(38)25(17)28(36)24(16)29(26)37/h4-7,10,16-17,25,34-36H,2-3,8-9,11-14H2,1H3,(H2,32,39). The first-order chi connectivity index (χ1) is 19.2. The van der Waals surface area contributed by atoms with Gasteiger partial charge in [-0.1, -0.05) is 12.1 Å². The Morgan fingerprint density at radius 2 is 1.80 bits per heavy atom. The number of primary amides is 1. The number of carbonyl (C=O) groups excluding carboxylic acids is 3. The first kappa shape index (κ1) is 26.1. The average molecular weight is 545 g/mol. The molecule has 2 aromatic rings. The number of amides is 1. The molecular formula is C31H32N2O7. The topological polar surface area (TPSA) is 150 Å². The highest BCUT2D eigenvalue weighted by Gasteiger charge is 2.50. The van der Waals surface area contributed by atoms with Crippen LogP contribution in [-0.2, 0) is 22.6 Å². The first-order valence-electron chi connectivity index (χ1n) is 13.7. The number of benzene rings is 2. The van der Waals surface area contributed by atoms with Crippen molar-refractivity contribution in [2.45, 2.75) is 38.6 Å². The molecule has 3 atom stereocenters.